The van der Waals surface area contributed by atoms with Crippen molar-refractivity contribution in [1.82, 2.24) is 0 Å². The normalized spacial score (nSPS) is 10.2. The van der Waals surface area contributed by atoms with Crippen LogP contribution in [0, 0.1) is 6.92 Å². The van der Waals surface area contributed by atoms with Gasteiger partial charge in [0.15, 0.2) is 0 Å². The molecule has 2 rings (SSSR count). The number of hydrogen-bond donors (Lipinski definition) is 2. The van der Waals surface area contributed by atoms with E-state index in [-0.39, 0.29) is 12.5 Å². The average molecular weight is 304 g/mol. The minimum absolute atomic E-state index is 0.110. The fraction of sp³-hybridized carbons (Fsp3) is 0.188. The summed E-state index contributed by atoms with van der Waals surface area (Å²) in [5.74, 6) is -0.110. The van der Waals surface area contributed by atoms with Gasteiger partial charge in [0.1, 0.15) is 0 Å². The second-order valence-electron chi connectivity index (χ2n) is 4.98. The molecule has 0 aromatic heterocycles. The standard InChI is InChI=1S/C16H18ClN3O/c1-11-4-3-5-13(8-11)20(2)10-16(21)19-12-6-7-14(17)15(18)9-12/h3-9H,10,18H2,1-2H3,(H,19,21). The topological polar surface area (TPSA) is 58.4 Å². The minimum Gasteiger partial charge on any atom is -0.397 e. The number of amides is 1. The van der Waals surface area contributed by atoms with E-state index in [1.54, 1.807) is 18.2 Å². The number of anilines is 3. The summed E-state index contributed by atoms with van der Waals surface area (Å²) >= 11 is 5.85. The van der Waals surface area contributed by atoms with Crippen LogP contribution in [0.2, 0.25) is 5.02 Å². The SMILES string of the molecule is Cc1cccc(N(C)CC(=O)Nc2ccc(Cl)c(N)c2)c1. The third-order valence-corrected chi connectivity index (χ3v) is 3.45. The van der Waals surface area contributed by atoms with Crippen LogP contribution in [0.4, 0.5) is 17.1 Å². The highest BCUT2D eigenvalue weighted by Crippen LogP contribution is 2.22. The van der Waals surface area contributed by atoms with Crippen LogP contribution in [-0.2, 0) is 4.79 Å². The van der Waals surface area contributed by atoms with E-state index >= 15 is 0 Å². The van der Waals surface area contributed by atoms with E-state index in [1.165, 1.54) is 0 Å². The van der Waals surface area contributed by atoms with E-state index in [0.29, 0.717) is 16.4 Å². The molecule has 0 heterocycles. The molecule has 0 radical (unpaired) electrons. The van der Waals surface area contributed by atoms with Gasteiger partial charge in [-0.05, 0) is 42.8 Å². The van der Waals surface area contributed by atoms with E-state index in [0.717, 1.165) is 11.3 Å². The van der Waals surface area contributed by atoms with Crippen LogP contribution in [0.15, 0.2) is 42.5 Å². The Morgan fingerprint density at radius 1 is 1.29 bits per heavy atom. The van der Waals surface area contributed by atoms with Crippen LogP contribution < -0.4 is 16.0 Å². The first-order valence-corrected chi connectivity index (χ1v) is 6.96. The molecule has 5 heteroatoms. The lowest BCUT2D eigenvalue weighted by molar-refractivity contribution is -0.114. The second kappa shape index (κ2) is 6.50. The Morgan fingerprint density at radius 2 is 2.05 bits per heavy atom. The zero-order valence-electron chi connectivity index (χ0n) is 12.1. The summed E-state index contributed by atoms with van der Waals surface area (Å²) < 4.78 is 0. The summed E-state index contributed by atoms with van der Waals surface area (Å²) in [6, 6.07) is 13.0. The predicted octanol–water partition coefficient (Wildman–Crippen LogP) is 3.31. The number of aryl methyl sites for hydroxylation is 1. The molecule has 0 spiro atoms. The molecule has 0 bridgehead atoms. The largest absolute Gasteiger partial charge is 0.397 e. The number of halogens is 1. The minimum atomic E-state index is -0.110. The van der Waals surface area contributed by atoms with Gasteiger partial charge in [0.2, 0.25) is 5.91 Å². The lowest BCUT2D eigenvalue weighted by Crippen LogP contribution is -2.30. The number of hydrogen-bond acceptors (Lipinski definition) is 3. The highest BCUT2D eigenvalue weighted by molar-refractivity contribution is 6.33. The Morgan fingerprint density at radius 3 is 2.71 bits per heavy atom. The van der Waals surface area contributed by atoms with Gasteiger partial charge in [-0.2, -0.15) is 0 Å². The van der Waals surface area contributed by atoms with Crippen molar-refractivity contribution in [2.75, 3.05) is 29.5 Å². The first kappa shape index (κ1) is 15.2. The molecular weight excluding hydrogens is 286 g/mol. The molecule has 0 saturated carbocycles. The summed E-state index contributed by atoms with van der Waals surface area (Å²) in [7, 11) is 1.88. The van der Waals surface area contributed by atoms with Crippen LogP contribution in [0.3, 0.4) is 0 Å². The number of carbonyl (C=O) groups excluding carboxylic acids is 1. The highest BCUT2D eigenvalue weighted by Gasteiger charge is 2.08. The van der Waals surface area contributed by atoms with Crippen LogP contribution in [0.5, 0.6) is 0 Å². The second-order valence-corrected chi connectivity index (χ2v) is 5.39. The van der Waals surface area contributed by atoms with Crippen molar-refractivity contribution in [2.45, 2.75) is 6.92 Å². The zero-order chi connectivity index (χ0) is 15.4. The van der Waals surface area contributed by atoms with Crippen molar-refractivity contribution >= 4 is 34.6 Å². The summed E-state index contributed by atoms with van der Waals surface area (Å²) in [6.07, 6.45) is 0. The van der Waals surface area contributed by atoms with Crippen molar-refractivity contribution < 1.29 is 4.79 Å². The summed E-state index contributed by atoms with van der Waals surface area (Å²) in [5, 5.41) is 3.28. The number of nitrogen functional groups attached to an aromatic ring is 1. The van der Waals surface area contributed by atoms with Gasteiger partial charge >= 0.3 is 0 Å². The van der Waals surface area contributed by atoms with Crippen molar-refractivity contribution in [3.05, 3.63) is 53.1 Å². The first-order chi connectivity index (χ1) is 9.95. The zero-order valence-corrected chi connectivity index (χ0v) is 12.8. The molecule has 0 atom stereocenters. The fourth-order valence-corrected chi connectivity index (χ4v) is 2.11. The third-order valence-electron chi connectivity index (χ3n) is 3.10. The molecule has 3 N–H and O–H groups in total. The molecule has 0 fully saturated rings. The summed E-state index contributed by atoms with van der Waals surface area (Å²) in [5.41, 5.74) is 8.95. The van der Waals surface area contributed by atoms with Crippen molar-refractivity contribution in [3.63, 3.8) is 0 Å². The number of benzene rings is 2. The van der Waals surface area contributed by atoms with E-state index in [1.807, 2.05) is 43.1 Å². The van der Waals surface area contributed by atoms with Crippen LogP contribution >= 0.6 is 11.6 Å². The maximum atomic E-state index is 12.1. The Kier molecular flexibility index (Phi) is 4.70. The number of nitrogens with zero attached hydrogens (tertiary/aromatic N) is 1. The fourth-order valence-electron chi connectivity index (χ4n) is 1.99. The molecular formula is C16H18ClN3O. The Bertz CT molecular complexity index is 658. The van der Waals surface area contributed by atoms with E-state index in [4.69, 9.17) is 17.3 Å². The smallest absolute Gasteiger partial charge is 0.243 e. The maximum absolute atomic E-state index is 12.1. The Labute approximate surface area is 129 Å². The molecule has 0 aliphatic rings. The van der Waals surface area contributed by atoms with Crippen molar-refractivity contribution in [2.24, 2.45) is 0 Å². The predicted molar refractivity (Wildman–Crippen MR) is 88.9 cm³/mol. The Hall–Kier alpha value is -2.20. The lowest BCUT2D eigenvalue weighted by Gasteiger charge is -2.19. The molecule has 0 saturated heterocycles. The number of carbonyl (C=O) groups is 1. The van der Waals surface area contributed by atoms with E-state index in [2.05, 4.69) is 5.32 Å². The van der Waals surface area contributed by atoms with E-state index in [9.17, 15) is 4.79 Å². The van der Waals surface area contributed by atoms with Crippen molar-refractivity contribution in [1.29, 1.82) is 0 Å². The first-order valence-electron chi connectivity index (χ1n) is 6.58. The molecule has 0 aliphatic carbocycles. The van der Waals surface area contributed by atoms with Crippen LogP contribution in [0.25, 0.3) is 0 Å². The molecule has 21 heavy (non-hydrogen) atoms. The number of likely N-dealkylation sites (N-methyl/N-ethyl adjacent to an activating group) is 1. The summed E-state index contributed by atoms with van der Waals surface area (Å²) in [4.78, 5) is 13.9. The van der Waals surface area contributed by atoms with Gasteiger partial charge in [0, 0.05) is 18.4 Å². The molecule has 0 unspecified atom stereocenters. The van der Waals surface area contributed by atoms with Crippen LogP contribution in [-0.4, -0.2) is 19.5 Å². The Balaban J connectivity index is 1.99. The van der Waals surface area contributed by atoms with Gasteiger partial charge in [-0.3, -0.25) is 4.79 Å². The van der Waals surface area contributed by atoms with Gasteiger partial charge in [-0.25, -0.2) is 0 Å². The van der Waals surface area contributed by atoms with Gasteiger partial charge in [-0.15, -0.1) is 0 Å². The van der Waals surface area contributed by atoms with E-state index < -0.39 is 0 Å². The third kappa shape index (κ3) is 4.13. The van der Waals surface area contributed by atoms with Gasteiger partial charge in [-0.1, -0.05) is 23.7 Å². The van der Waals surface area contributed by atoms with Gasteiger partial charge in [0.05, 0.1) is 17.3 Å². The van der Waals surface area contributed by atoms with Crippen molar-refractivity contribution in [3.8, 4) is 0 Å². The number of nitrogens with two attached hydrogens (primary N) is 1. The molecule has 2 aromatic rings. The van der Waals surface area contributed by atoms with Gasteiger partial charge in [0.25, 0.3) is 0 Å². The molecule has 4 nitrogen and oxygen atoms in total. The maximum Gasteiger partial charge on any atom is 0.243 e. The molecule has 110 valence electrons. The molecule has 2 aromatic carbocycles. The highest BCUT2D eigenvalue weighted by atomic mass is 35.5. The molecule has 1 amide bonds. The van der Waals surface area contributed by atoms with Gasteiger partial charge < -0.3 is 16.0 Å². The molecule has 0 aliphatic heterocycles. The monoisotopic (exact) mass is 303 g/mol. The lowest BCUT2D eigenvalue weighted by atomic mass is 10.2. The average Bonchev–Trinajstić information content (AvgIpc) is 2.43. The quantitative estimate of drug-likeness (QED) is 0.852. The van der Waals surface area contributed by atoms with Crippen LogP contribution in [0.1, 0.15) is 5.56 Å². The number of rotatable bonds is 4. The summed E-state index contributed by atoms with van der Waals surface area (Å²) in [6.45, 7) is 2.28. The number of nitrogens with one attached hydrogen (secondary N) is 1.